The molecule has 0 amide bonds. The van der Waals surface area contributed by atoms with Crippen LogP contribution >= 0.6 is 28.1 Å². The lowest BCUT2D eigenvalue weighted by atomic mass is 10.2. The average molecular weight is 316 g/mol. The Hall–Kier alpha value is -1.14. The summed E-state index contributed by atoms with van der Waals surface area (Å²) in [4.78, 5) is 0. The Kier molecular flexibility index (Phi) is 5.93. The van der Waals surface area contributed by atoms with E-state index in [-0.39, 0.29) is 0 Å². The third-order valence-electron chi connectivity index (χ3n) is 1.91. The van der Waals surface area contributed by atoms with Gasteiger partial charge in [0.15, 0.2) is 5.11 Å². The Labute approximate surface area is 115 Å². The van der Waals surface area contributed by atoms with Gasteiger partial charge in [-0.3, -0.25) is 5.43 Å². The molecule has 0 radical (unpaired) electrons. The fourth-order valence-corrected chi connectivity index (χ4v) is 1.65. The quantitative estimate of drug-likeness (QED) is 0.508. The molecule has 0 fully saturated rings. The van der Waals surface area contributed by atoms with Crippen molar-refractivity contribution in [1.82, 2.24) is 10.7 Å². The third kappa shape index (κ3) is 4.70. The molecule has 0 saturated carbocycles. The molecule has 1 aromatic rings. The highest BCUT2D eigenvalue weighted by Crippen LogP contribution is 2.20. The van der Waals surface area contributed by atoms with Crippen molar-refractivity contribution >= 4 is 39.5 Å². The normalized spacial score (nSPS) is 10.3. The Balaban J connectivity index is 2.67. The maximum Gasteiger partial charge on any atom is 0.186 e. The van der Waals surface area contributed by atoms with E-state index in [1.54, 1.807) is 13.3 Å². The Bertz CT molecular complexity index is 423. The van der Waals surface area contributed by atoms with Crippen LogP contribution < -0.4 is 15.5 Å². The van der Waals surface area contributed by atoms with E-state index in [0.29, 0.717) is 5.11 Å². The van der Waals surface area contributed by atoms with Crippen LogP contribution in [0.15, 0.2) is 27.8 Å². The highest BCUT2D eigenvalue weighted by Gasteiger charge is 1.99. The van der Waals surface area contributed by atoms with Gasteiger partial charge in [-0.1, -0.05) is 15.9 Å². The van der Waals surface area contributed by atoms with Crippen molar-refractivity contribution in [2.24, 2.45) is 5.10 Å². The van der Waals surface area contributed by atoms with Gasteiger partial charge in [-0.25, -0.2) is 0 Å². The zero-order chi connectivity index (χ0) is 12.7. The SMILES string of the molecule is CCNC(=S)N/N=C\c1cc(OC)ccc1Br. The maximum atomic E-state index is 5.13. The molecule has 0 saturated heterocycles. The number of hydrazone groups is 1. The second-order valence-corrected chi connectivity index (χ2v) is 4.38. The minimum Gasteiger partial charge on any atom is -0.497 e. The molecule has 0 atom stereocenters. The molecule has 0 aromatic heterocycles. The van der Waals surface area contributed by atoms with Crippen LogP contribution in [-0.4, -0.2) is 25.0 Å². The summed E-state index contributed by atoms with van der Waals surface area (Å²) in [5.41, 5.74) is 3.64. The first-order valence-corrected chi connectivity index (χ1v) is 6.28. The van der Waals surface area contributed by atoms with E-state index in [0.717, 1.165) is 22.3 Å². The van der Waals surface area contributed by atoms with Crippen molar-refractivity contribution in [3.05, 3.63) is 28.2 Å². The molecule has 0 aliphatic rings. The van der Waals surface area contributed by atoms with Crippen molar-refractivity contribution in [3.8, 4) is 5.75 Å². The summed E-state index contributed by atoms with van der Waals surface area (Å²) >= 11 is 8.41. The van der Waals surface area contributed by atoms with Gasteiger partial charge < -0.3 is 10.1 Å². The highest BCUT2D eigenvalue weighted by molar-refractivity contribution is 9.10. The average Bonchev–Trinajstić information content (AvgIpc) is 2.32. The number of thiocarbonyl (C=S) groups is 1. The van der Waals surface area contributed by atoms with Crippen LogP contribution in [0.4, 0.5) is 0 Å². The van der Waals surface area contributed by atoms with Gasteiger partial charge in [0.25, 0.3) is 0 Å². The van der Waals surface area contributed by atoms with Crippen LogP contribution in [0.3, 0.4) is 0 Å². The van der Waals surface area contributed by atoms with Crippen LogP contribution in [0.1, 0.15) is 12.5 Å². The molecule has 6 heteroatoms. The Morgan fingerprint density at radius 3 is 3.00 bits per heavy atom. The number of nitrogens with one attached hydrogen (secondary N) is 2. The molecule has 2 N–H and O–H groups in total. The smallest absolute Gasteiger partial charge is 0.186 e. The van der Waals surface area contributed by atoms with Crippen LogP contribution in [0.2, 0.25) is 0 Å². The van der Waals surface area contributed by atoms with Gasteiger partial charge >= 0.3 is 0 Å². The number of methoxy groups -OCH3 is 1. The van der Waals surface area contributed by atoms with Gasteiger partial charge in [0.1, 0.15) is 5.75 Å². The first-order chi connectivity index (χ1) is 8.17. The lowest BCUT2D eigenvalue weighted by molar-refractivity contribution is 0.414. The second kappa shape index (κ2) is 7.24. The van der Waals surface area contributed by atoms with Crippen molar-refractivity contribution in [1.29, 1.82) is 0 Å². The summed E-state index contributed by atoms with van der Waals surface area (Å²) < 4.78 is 6.08. The van der Waals surface area contributed by atoms with Crippen LogP contribution in [-0.2, 0) is 0 Å². The van der Waals surface area contributed by atoms with Crippen molar-refractivity contribution in [2.75, 3.05) is 13.7 Å². The third-order valence-corrected chi connectivity index (χ3v) is 2.87. The minimum absolute atomic E-state index is 0.503. The molecule has 0 unspecified atom stereocenters. The predicted octanol–water partition coefficient (Wildman–Crippen LogP) is 2.28. The summed E-state index contributed by atoms with van der Waals surface area (Å²) in [6.07, 6.45) is 1.68. The van der Waals surface area contributed by atoms with Crippen molar-refractivity contribution in [3.63, 3.8) is 0 Å². The van der Waals surface area contributed by atoms with Crippen LogP contribution in [0.5, 0.6) is 5.75 Å². The van der Waals surface area contributed by atoms with Gasteiger partial charge in [-0.15, -0.1) is 0 Å². The van der Waals surface area contributed by atoms with E-state index in [4.69, 9.17) is 17.0 Å². The first kappa shape index (κ1) is 13.9. The number of halogens is 1. The molecular weight excluding hydrogens is 302 g/mol. The van der Waals surface area contributed by atoms with Gasteiger partial charge in [0, 0.05) is 16.6 Å². The molecule has 1 rings (SSSR count). The molecule has 0 aliphatic carbocycles. The molecule has 17 heavy (non-hydrogen) atoms. The van der Waals surface area contributed by atoms with E-state index in [1.165, 1.54) is 0 Å². The van der Waals surface area contributed by atoms with Crippen LogP contribution in [0.25, 0.3) is 0 Å². The molecule has 92 valence electrons. The highest BCUT2D eigenvalue weighted by atomic mass is 79.9. The predicted molar refractivity (Wildman–Crippen MR) is 77.7 cm³/mol. The number of hydrogen-bond donors (Lipinski definition) is 2. The van der Waals surface area contributed by atoms with E-state index < -0.39 is 0 Å². The van der Waals surface area contributed by atoms with Gasteiger partial charge in [0.2, 0.25) is 0 Å². The molecule has 0 bridgehead atoms. The minimum atomic E-state index is 0.503. The van der Waals surface area contributed by atoms with Gasteiger partial charge in [-0.05, 0) is 37.3 Å². The van der Waals surface area contributed by atoms with Crippen molar-refractivity contribution < 1.29 is 4.74 Å². The number of nitrogens with zero attached hydrogens (tertiary/aromatic N) is 1. The summed E-state index contributed by atoms with van der Waals surface area (Å²) in [6.45, 7) is 2.74. The van der Waals surface area contributed by atoms with Gasteiger partial charge in [0.05, 0.1) is 13.3 Å². The van der Waals surface area contributed by atoms with Crippen molar-refractivity contribution in [2.45, 2.75) is 6.92 Å². The summed E-state index contributed by atoms with van der Waals surface area (Å²) in [5.74, 6) is 0.781. The summed E-state index contributed by atoms with van der Waals surface area (Å²) in [5, 5.41) is 7.47. The second-order valence-electron chi connectivity index (χ2n) is 3.12. The number of rotatable bonds is 4. The molecule has 0 spiro atoms. The molecule has 0 heterocycles. The van der Waals surface area contributed by atoms with E-state index in [1.807, 2.05) is 25.1 Å². The molecule has 1 aromatic carbocycles. The summed E-state index contributed by atoms with van der Waals surface area (Å²) in [7, 11) is 1.63. The van der Waals surface area contributed by atoms with Crippen LogP contribution in [0, 0.1) is 0 Å². The standard InChI is InChI=1S/C11H14BrN3OS/c1-3-13-11(17)15-14-7-8-6-9(16-2)4-5-10(8)12/h4-7H,3H2,1-2H3,(H2,13,15,17)/b14-7-. The van der Waals surface area contributed by atoms with Gasteiger partial charge in [-0.2, -0.15) is 5.10 Å². The topological polar surface area (TPSA) is 45.7 Å². The fourth-order valence-electron chi connectivity index (χ4n) is 1.11. The maximum absolute atomic E-state index is 5.13. The number of ether oxygens (including phenoxy) is 1. The van der Waals surface area contributed by atoms with E-state index in [9.17, 15) is 0 Å². The molecular formula is C11H14BrN3OS. The number of benzene rings is 1. The van der Waals surface area contributed by atoms with E-state index in [2.05, 4.69) is 31.8 Å². The lowest BCUT2D eigenvalue weighted by Crippen LogP contribution is -2.31. The Morgan fingerprint density at radius 1 is 1.59 bits per heavy atom. The zero-order valence-corrected chi connectivity index (χ0v) is 12.1. The molecule has 0 aliphatic heterocycles. The fraction of sp³-hybridized carbons (Fsp3) is 0.273. The lowest BCUT2D eigenvalue weighted by Gasteiger charge is -2.04. The number of hydrogen-bond acceptors (Lipinski definition) is 3. The summed E-state index contributed by atoms with van der Waals surface area (Å²) in [6, 6.07) is 5.66. The zero-order valence-electron chi connectivity index (χ0n) is 9.66. The largest absolute Gasteiger partial charge is 0.497 e. The Morgan fingerprint density at radius 2 is 2.35 bits per heavy atom. The molecule has 4 nitrogen and oxygen atoms in total. The monoisotopic (exact) mass is 315 g/mol. The first-order valence-electron chi connectivity index (χ1n) is 5.07. The van der Waals surface area contributed by atoms with E-state index >= 15 is 0 Å².